The van der Waals surface area contributed by atoms with E-state index in [1.54, 1.807) is 0 Å². The lowest BCUT2D eigenvalue weighted by molar-refractivity contribution is -0.142. The first-order chi connectivity index (χ1) is 13.3. The van der Waals surface area contributed by atoms with Crippen LogP contribution in [0.3, 0.4) is 0 Å². The number of thiol groups is 1. The second-order valence-corrected chi connectivity index (χ2v) is 7.44. The first-order valence-electron chi connectivity index (χ1n) is 8.92. The lowest BCUT2D eigenvalue weighted by atomic mass is 10.1. The smallest absolute Gasteiger partial charge is 0.326 e. The number of aliphatic carboxylic acids is 1. The quantitative estimate of drug-likeness (QED) is 0.117. The third kappa shape index (κ3) is 11.4. The second-order valence-electron chi connectivity index (χ2n) is 6.09. The van der Waals surface area contributed by atoms with Gasteiger partial charge in [-0.25, -0.2) is 4.79 Å². The number of hydrogen-bond acceptors (Lipinski definition) is 8. The number of hydrogen-bond donors (Lipinski definition) is 7. The highest BCUT2D eigenvalue weighted by Crippen LogP contribution is 2.05. The van der Waals surface area contributed by atoms with Gasteiger partial charge in [-0.15, -0.1) is 0 Å². The third-order valence-electron chi connectivity index (χ3n) is 3.78. The number of amides is 3. The van der Waals surface area contributed by atoms with Crippen LogP contribution in [-0.4, -0.2) is 77.8 Å². The minimum absolute atomic E-state index is 0.129. The van der Waals surface area contributed by atoms with E-state index in [4.69, 9.17) is 11.5 Å². The van der Waals surface area contributed by atoms with Gasteiger partial charge in [0.15, 0.2) is 0 Å². The first-order valence-corrected chi connectivity index (χ1v) is 10.9. The van der Waals surface area contributed by atoms with Crippen molar-refractivity contribution >= 4 is 48.1 Å². The molecule has 162 valence electrons. The van der Waals surface area contributed by atoms with Crippen molar-refractivity contribution in [2.24, 2.45) is 11.5 Å². The number of carbonyl (C=O) groups is 4. The van der Waals surface area contributed by atoms with Gasteiger partial charge in [0, 0.05) is 5.75 Å². The Bertz CT molecular complexity index is 524. The van der Waals surface area contributed by atoms with E-state index in [1.807, 2.05) is 6.26 Å². The van der Waals surface area contributed by atoms with E-state index in [-0.39, 0.29) is 18.7 Å². The molecule has 0 fully saturated rings. The maximum atomic E-state index is 12.5. The van der Waals surface area contributed by atoms with Crippen LogP contribution >= 0.6 is 24.4 Å². The van der Waals surface area contributed by atoms with Gasteiger partial charge in [0.1, 0.15) is 12.1 Å². The summed E-state index contributed by atoms with van der Waals surface area (Å²) >= 11 is 5.37. The molecule has 0 bridgehead atoms. The average Bonchev–Trinajstić information content (AvgIpc) is 2.67. The summed E-state index contributed by atoms with van der Waals surface area (Å²) in [4.78, 5) is 47.5. The molecular weight excluding hydrogens is 406 g/mol. The van der Waals surface area contributed by atoms with Crippen LogP contribution in [0.5, 0.6) is 0 Å². The van der Waals surface area contributed by atoms with Crippen molar-refractivity contribution in [2.75, 3.05) is 30.9 Å². The summed E-state index contributed by atoms with van der Waals surface area (Å²) in [6.45, 7) is 0.0846. The van der Waals surface area contributed by atoms with Crippen LogP contribution in [0, 0.1) is 0 Å². The van der Waals surface area contributed by atoms with Crippen LogP contribution in [0.1, 0.15) is 25.7 Å². The standard InChI is InChI=1S/C16H31N5O5S2/c1-28-7-5-12(16(25)26)21-15(24)11(4-2-3-6-17)20-13(22)8-19-14(23)10(18)9-27/h10-12,27H,2-9,17-18H2,1H3,(H,19,23)(H,20,22)(H,21,24)(H,25,26). The Morgan fingerprint density at radius 2 is 1.75 bits per heavy atom. The Hall–Kier alpha value is -1.50. The Balaban J connectivity index is 4.85. The van der Waals surface area contributed by atoms with E-state index in [0.29, 0.717) is 31.6 Å². The van der Waals surface area contributed by atoms with Crippen LogP contribution in [0.4, 0.5) is 0 Å². The number of thioether (sulfide) groups is 1. The predicted molar refractivity (Wildman–Crippen MR) is 112 cm³/mol. The SMILES string of the molecule is CSCCC(NC(=O)C(CCCCN)NC(=O)CNC(=O)C(N)CS)C(=O)O. The normalized spacial score (nSPS) is 13.9. The maximum Gasteiger partial charge on any atom is 0.326 e. The molecule has 3 unspecified atom stereocenters. The molecule has 0 saturated carbocycles. The van der Waals surface area contributed by atoms with Crippen LogP contribution in [0.15, 0.2) is 0 Å². The molecule has 28 heavy (non-hydrogen) atoms. The van der Waals surface area contributed by atoms with Crippen LogP contribution in [0.2, 0.25) is 0 Å². The van der Waals surface area contributed by atoms with Crippen molar-refractivity contribution in [3.05, 3.63) is 0 Å². The Labute approximate surface area is 174 Å². The number of nitrogens with one attached hydrogen (secondary N) is 3. The fourth-order valence-electron chi connectivity index (χ4n) is 2.15. The van der Waals surface area contributed by atoms with Crippen molar-refractivity contribution in [1.82, 2.24) is 16.0 Å². The first kappa shape index (κ1) is 26.5. The van der Waals surface area contributed by atoms with Crippen LogP contribution < -0.4 is 27.4 Å². The molecular formula is C16H31N5O5S2. The summed E-state index contributed by atoms with van der Waals surface area (Å²) in [5.41, 5.74) is 11.0. The molecule has 0 aliphatic heterocycles. The van der Waals surface area contributed by atoms with Crippen molar-refractivity contribution in [3.8, 4) is 0 Å². The van der Waals surface area contributed by atoms with Gasteiger partial charge in [-0.05, 0) is 44.2 Å². The minimum atomic E-state index is -1.14. The van der Waals surface area contributed by atoms with E-state index in [1.165, 1.54) is 11.8 Å². The molecule has 0 aliphatic rings. The van der Waals surface area contributed by atoms with Crippen LogP contribution in [0.25, 0.3) is 0 Å². The predicted octanol–water partition coefficient (Wildman–Crippen LogP) is -1.70. The molecule has 12 heteroatoms. The fourth-order valence-corrected chi connectivity index (χ4v) is 2.79. The molecule has 0 heterocycles. The zero-order valence-corrected chi connectivity index (χ0v) is 17.7. The van der Waals surface area contributed by atoms with Gasteiger partial charge in [0.05, 0.1) is 12.6 Å². The Morgan fingerprint density at radius 1 is 1.07 bits per heavy atom. The Morgan fingerprint density at radius 3 is 2.29 bits per heavy atom. The average molecular weight is 438 g/mol. The lowest BCUT2D eigenvalue weighted by Gasteiger charge is -2.21. The third-order valence-corrected chi connectivity index (χ3v) is 4.82. The number of rotatable bonds is 15. The number of carboxylic acids is 1. The lowest BCUT2D eigenvalue weighted by Crippen LogP contribution is -2.54. The summed E-state index contributed by atoms with van der Waals surface area (Å²) < 4.78 is 0. The molecule has 8 N–H and O–H groups in total. The summed E-state index contributed by atoms with van der Waals surface area (Å²) in [6.07, 6.45) is 3.64. The number of unbranched alkanes of at least 4 members (excludes halogenated alkanes) is 1. The molecule has 3 atom stereocenters. The zero-order chi connectivity index (χ0) is 21.5. The van der Waals surface area contributed by atoms with Gasteiger partial charge in [-0.2, -0.15) is 24.4 Å². The summed E-state index contributed by atoms with van der Waals surface area (Å²) in [7, 11) is 0. The molecule has 0 rings (SSSR count). The summed E-state index contributed by atoms with van der Waals surface area (Å²) in [5.74, 6) is -2.14. The van der Waals surface area contributed by atoms with E-state index >= 15 is 0 Å². The molecule has 3 amide bonds. The summed E-state index contributed by atoms with van der Waals surface area (Å²) in [6, 6.07) is -2.81. The van der Waals surface area contributed by atoms with Gasteiger partial charge < -0.3 is 32.5 Å². The number of carbonyl (C=O) groups excluding carboxylic acids is 3. The maximum absolute atomic E-state index is 12.5. The van der Waals surface area contributed by atoms with E-state index in [0.717, 1.165) is 0 Å². The molecule has 0 saturated heterocycles. The van der Waals surface area contributed by atoms with Crippen molar-refractivity contribution in [1.29, 1.82) is 0 Å². The highest BCUT2D eigenvalue weighted by atomic mass is 32.2. The van der Waals surface area contributed by atoms with Gasteiger partial charge in [0.25, 0.3) is 0 Å². The molecule has 0 aromatic rings. The monoisotopic (exact) mass is 437 g/mol. The molecule has 0 aromatic carbocycles. The molecule has 0 spiro atoms. The largest absolute Gasteiger partial charge is 0.480 e. The van der Waals surface area contributed by atoms with Crippen LogP contribution in [-0.2, 0) is 19.2 Å². The second kappa shape index (κ2) is 15.4. The molecule has 0 aromatic heterocycles. The highest BCUT2D eigenvalue weighted by molar-refractivity contribution is 7.98. The van der Waals surface area contributed by atoms with E-state index in [9.17, 15) is 24.3 Å². The zero-order valence-electron chi connectivity index (χ0n) is 16.0. The van der Waals surface area contributed by atoms with Crippen molar-refractivity contribution in [3.63, 3.8) is 0 Å². The van der Waals surface area contributed by atoms with E-state index < -0.39 is 41.8 Å². The fraction of sp³-hybridized carbons (Fsp3) is 0.750. The van der Waals surface area contributed by atoms with Crippen molar-refractivity contribution in [2.45, 2.75) is 43.8 Å². The topological polar surface area (TPSA) is 177 Å². The highest BCUT2D eigenvalue weighted by Gasteiger charge is 2.26. The number of carboxylic acid groups (broad SMARTS) is 1. The molecule has 0 radical (unpaired) electrons. The summed E-state index contributed by atoms with van der Waals surface area (Å²) in [5, 5.41) is 16.6. The molecule has 0 aliphatic carbocycles. The van der Waals surface area contributed by atoms with Gasteiger partial charge >= 0.3 is 5.97 Å². The van der Waals surface area contributed by atoms with Gasteiger partial charge in [-0.3, -0.25) is 14.4 Å². The Kier molecular flexibility index (Phi) is 14.6. The molecule has 10 nitrogen and oxygen atoms in total. The van der Waals surface area contributed by atoms with E-state index in [2.05, 4.69) is 28.6 Å². The van der Waals surface area contributed by atoms with Crippen molar-refractivity contribution < 1.29 is 24.3 Å². The minimum Gasteiger partial charge on any atom is -0.480 e. The van der Waals surface area contributed by atoms with Gasteiger partial charge in [-0.1, -0.05) is 0 Å². The van der Waals surface area contributed by atoms with Gasteiger partial charge in [0.2, 0.25) is 17.7 Å². The number of nitrogens with two attached hydrogens (primary N) is 2.